The number of carbonyl (C=O) groups is 1. The monoisotopic (exact) mass is 478 g/mol. The molecule has 3 heterocycles. The molecular weight excluding hydrogens is 452 g/mol. The number of nitrogens with zero attached hydrogens (tertiary/aromatic N) is 3. The molecule has 36 heavy (non-hydrogen) atoms. The van der Waals surface area contributed by atoms with Crippen molar-refractivity contribution >= 4 is 28.3 Å². The van der Waals surface area contributed by atoms with Crippen molar-refractivity contribution in [2.75, 3.05) is 18.4 Å². The Labute approximate surface area is 209 Å². The maximum absolute atomic E-state index is 11.9. The lowest BCUT2D eigenvalue weighted by Crippen LogP contribution is -2.53. The van der Waals surface area contributed by atoms with Crippen LogP contribution in [0, 0.1) is 25.7 Å². The molecule has 0 saturated carbocycles. The van der Waals surface area contributed by atoms with E-state index in [2.05, 4.69) is 42.7 Å². The third-order valence-corrected chi connectivity index (χ3v) is 5.91. The van der Waals surface area contributed by atoms with Crippen LogP contribution in [0.1, 0.15) is 23.2 Å². The van der Waals surface area contributed by atoms with Gasteiger partial charge in [0.2, 0.25) is 5.91 Å². The number of aryl methyl sites for hydroxylation is 2. The highest BCUT2D eigenvalue weighted by atomic mass is 16.5. The highest BCUT2D eigenvalue weighted by Gasteiger charge is 2.23. The zero-order chi connectivity index (χ0) is 24.9. The lowest BCUT2D eigenvalue weighted by molar-refractivity contribution is -0.124. The Kier molecular flexibility index (Phi) is 6.74. The van der Waals surface area contributed by atoms with Gasteiger partial charge in [-0.05, 0) is 80.9 Å². The summed E-state index contributed by atoms with van der Waals surface area (Å²) in [4.78, 5) is 25.0. The largest absolute Gasteiger partial charge is 0.455 e. The third kappa shape index (κ3) is 5.43. The molecule has 1 atom stereocenters. The van der Waals surface area contributed by atoms with E-state index in [9.17, 15) is 4.79 Å². The number of pyridine rings is 1. The summed E-state index contributed by atoms with van der Waals surface area (Å²) in [6.45, 7) is 5.13. The first-order chi connectivity index (χ1) is 17.5. The number of anilines is 2. The fourth-order valence-corrected chi connectivity index (χ4v) is 3.77. The van der Waals surface area contributed by atoms with Crippen molar-refractivity contribution in [1.29, 1.82) is 0 Å². The van der Waals surface area contributed by atoms with E-state index in [1.54, 1.807) is 6.20 Å². The maximum atomic E-state index is 11.9. The van der Waals surface area contributed by atoms with Crippen LogP contribution in [0.15, 0.2) is 61.1 Å². The molecule has 0 bridgehead atoms. The van der Waals surface area contributed by atoms with Crippen molar-refractivity contribution in [3.63, 3.8) is 0 Å². The summed E-state index contributed by atoms with van der Waals surface area (Å²) in [6, 6.07) is 15.4. The summed E-state index contributed by atoms with van der Waals surface area (Å²) in [7, 11) is 0. The molecule has 8 heteroatoms. The van der Waals surface area contributed by atoms with E-state index in [0.29, 0.717) is 18.1 Å². The van der Waals surface area contributed by atoms with Crippen LogP contribution < -0.4 is 20.7 Å². The van der Waals surface area contributed by atoms with Crippen LogP contribution in [0.3, 0.4) is 0 Å². The van der Waals surface area contributed by atoms with Gasteiger partial charge >= 0.3 is 0 Å². The second-order valence-electron chi connectivity index (χ2n) is 8.61. The van der Waals surface area contributed by atoms with Crippen molar-refractivity contribution in [2.45, 2.75) is 26.3 Å². The quantitative estimate of drug-likeness (QED) is 0.360. The molecule has 3 N–H and O–H groups in total. The number of carbonyl (C=O) groups excluding carboxylic acids is 1. The van der Waals surface area contributed by atoms with Crippen molar-refractivity contribution in [3.05, 3.63) is 77.9 Å². The van der Waals surface area contributed by atoms with Gasteiger partial charge < -0.3 is 20.7 Å². The summed E-state index contributed by atoms with van der Waals surface area (Å²) in [5.74, 6) is 8.26. The Bertz CT molecular complexity index is 1470. The third-order valence-electron chi connectivity index (χ3n) is 5.91. The topological polar surface area (TPSA) is 101 Å². The Hall–Kier alpha value is -4.48. The summed E-state index contributed by atoms with van der Waals surface area (Å²) in [5, 5.41) is 10.2. The first-order valence-electron chi connectivity index (χ1n) is 11.8. The van der Waals surface area contributed by atoms with Gasteiger partial charge in [-0.15, -0.1) is 0 Å². The zero-order valence-electron chi connectivity index (χ0n) is 20.1. The molecule has 180 valence electrons. The second kappa shape index (κ2) is 10.4. The number of amides is 1. The Balaban J connectivity index is 1.30. The molecule has 1 fully saturated rings. The summed E-state index contributed by atoms with van der Waals surface area (Å²) < 4.78 is 5.98. The molecule has 1 unspecified atom stereocenters. The highest BCUT2D eigenvalue weighted by Crippen LogP contribution is 2.29. The van der Waals surface area contributed by atoms with Crippen LogP contribution in [-0.2, 0) is 4.79 Å². The van der Waals surface area contributed by atoms with Gasteiger partial charge in [0.15, 0.2) is 0 Å². The van der Waals surface area contributed by atoms with Crippen molar-refractivity contribution < 1.29 is 9.53 Å². The predicted molar refractivity (Wildman–Crippen MR) is 139 cm³/mol. The normalized spacial score (nSPS) is 14.3. The lowest BCUT2D eigenvalue weighted by Gasteiger charge is -2.25. The van der Waals surface area contributed by atoms with Crippen molar-refractivity contribution in [2.24, 2.45) is 0 Å². The van der Waals surface area contributed by atoms with Gasteiger partial charge in [-0.25, -0.2) is 9.97 Å². The van der Waals surface area contributed by atoms with Crippen LogP contribution in [-0.4, -0.2) is 40.0 Å². The summed E-state index contributed by atoms with van der Waals surface area (Å²) in [5.41, 5.74) is 4.43. The molecule has 8 nitrogen and oxygen atoms in total. The van der Waals surface area contributed by atoms with E-state index in [1.165, 1.54) is 6.33 Å². The molecule has 1 amide bonds. The van der Waals surface area contributed by atoms with Gasteiger partial charge in [0.05, 0.1) is 24.3 Å². The number of rotatable bonds is 6. The van der Waals surface area contributed by atoms with E-state index in [-0.39, 0.29) is 11.9 Å². The Morgan fingerprint density at radius 3 is 2.75 bits per heavy atom. The molecule has 0 aliphatic carbocycles. The maximum Gasteiger partial charge on any atom is 0.237 e. The second-order valence-corrected chi connectivity index (χ2v) is 8.61. The Morgan fingerprint density at radius 2 is 2.00 bits per heavy atom. The molecule has 0 radical (unpaired) electrons. The van der Waals surface area contributed by atoms with Crippen molar-refractivity contribution in [1.82, 2.24) is 25.6 Å². The number of hydrogen-bond donors (Lipinski definition) is 3. The minimum absolute atomic E-state index is 0.00353. The van der Waals surface area contributed by atoms with E-state index in [0.717, 1.165) is 52.1 Å². The molecule has 1 aliphatic heterocycles. The first-order valence-corrected chi connectivity index (χ1v) is 11.8. The number of hydrogen-bond acceptors (Lipinski definition) is 7. The van der Waals surface area contributed by atoms with E-state index >= 15 is 0 Å². The molecule has 1 saturated heterocycles. The minimum Gasteiger partial charge on any atom is -0.455 e. The summed E-state index contributed by atoms with van der Waals surface area (Å²) >= 11 is 0. The smallest absolute Gasteiger partial charge is 0.237 e. The number of benzene rings is 2. The van der Waals surface area contributed by atoms with Gasteiger partial charge in [0.25, 0.3) is 0 Å². The van der Waals surface area contributed by atoms with Crippen LogP contribution in [0.4, 0.5) is 11.5 Å². The molecule has 5 rings (SSSR count). The zero-order valence-corrected chi connectivity index (χ0v) is 20.1. The predicted octanol–water partition coefficient (Wildman–Crippen LogP) is 4.01. The van der Waals surface area contributed by atoms with Gasteiger partial charge in [0, 0.05) is 22.3 Å². The average molecular weight is 479 g/mol. The number of aromatic nitrogens is 3. The summed E-state index contributed by atoms with van der Waals surface area (Å²) in [6.07, 6.45) is 4.13. The molecule has 4 aromatic rings. The SMILES string of the molecule is Cc1ccc(Oc2ccc(Nc3ncnc4ccc(C#CCNC(=O)C5CCN5)cc34)cc2C)cn1. The van der Waals surface area contributed by atoms with Crippen molar-refractivity contribution in [3.8, 4) is 23.3 Å². The van der Waals surface area contributed by atoms with Crippen LogP contribution in [0.25, 0.3) is 10.9 Å². The molecular formula is C28H26N6O2. The standard InChI is InChI=1S/C28H26N6O2/c1-18-14-21(7-10-26(18)36-22-8-5-19(2)31-16-22)34-27-23-15-20(6-9-24(23)32-17-33-27)4-3-12-30-28(35)25-11-13-29-25/h5-10,14-17,25,29H,11-13H2,1-2H3,(H,30,35)(H,32,33,34). The molecule has 2 aromatic heterocycles. The van der Waals surface area contributed by atoms with E-state index in [1.807, 2.05) is 62.4 Å². The first kappa shape index (κ1) is 23.3. The van der Waals surface area contributed by atoms with Crippen LogP contribution in [0.2, 0.25) is 0 Å². The van der Waals surface area contributed by atoms with E-state index < -0.39 is 0 Å². The molecule has 2 aromatic carbocycles. The number of ether oxygens (including phenoxy) is 1. The minimum atomic E-state index is -0.0814. The van der Waals surface area contributed by atoms with Gasteiger partial charge in [-0.1, -0.05) is 11.8 Å². The number of nitrogens with one attached hydrogen (secondary N) is 3. The van der Waals surface area contributed by atoms with Gasteiger partial charge in [-0.2, -0.15) is 0 Å². The van der Waals surface area contributed by atoms with Crippen LogP contribution in [0.5, 0.6) is 11.5 Å². The number of fused-ring (bicyclic) bond motifs is 1. The lowest BCUT2D eigenvalue weighted by atomic mass is 10.1. The molecule has 1 aliphatic rings. The van der Waals surface area contributed by atoms with Crippen LogP contribution >= 0.6 is 0 Å². The van der Waals surface area contributed by atoms with Gasteiger partial charge in [0.1, 0.15) is 23.6 Å². The van der Waals surface area contributed by atoms with Gasteiger partial charge in [-0.3, -0.25) is 9.78 Å². The average Bonchev–Trinajstić information content (AvgIpc) is 2.84. The van der Waals surface area contributed by atoms with E-state index in [4.69, 9.17) is 4.74 Å². The fourth-order valence-electron chi connectivity index (χ4n) is 3.77. The molecule has 0 spiro atoms. The highest BCUT2D eigenvalue weighted by molar-refractivity contribution is 5.91. The Morgan fingerprint density at radius 1 is 1.11 bits per heavy atom. The fraction of sp³-hybridized carbons (Fsp3) is 0.214.